The number of halogens is 2. The van der Waals surface area contributed by atoms with Gasteiger partial charge in [-0.2, -0.15) is 5.10 Å². The predicted molar refractivity (Wildman–Crippen MR) is 119 cm³/mol. The van der Waals surface area contributed by atoms with Crippen LogP contribution in [0, 0.1) is 18.6 Å². The Labute approximate surface area is 188 Å². The summed E-state index contributed by atoms with van der Waals surface area (Å²) >= 11 is 0. The molecule has 0 radical (unpaired) electrons. The summed E-state index contributed by atoms with van der Waals surface area (Å²) in [5.41, 5.74) is 1.23. The average molecular weight is 452 g/mol. The number of aryl methyl sites for hydroxylation is 2. The van der Waals surface area contributed by atoms with Gasteiger partial charge in [-0.15, -0.1) is 0 Å². The number of aromatic nitrogens is 5. The molecule has 3 aromatic heterocycles. The third kappa shape index (κ3) is 3.76. The zero-order chi connectivity index (χ0) is 23.3. The number of pyridine rings is 1. The highest BCUT2D eigenvalue weighted by Crippen LogP contribution is 2.32. The smallest absolute Gasteiger partial charge is 0.261 e. The van der Waals surface area contributed by atoms with Gasteiger partial charge in [0, 0.05) is 50.6 Å². The van der Waals surface area contributed by atoms with E-state index >= 15 is 0 Å². The Morgan fingerprint density at radius 3 is 2.70 bits per heavy atom. The maximum absolute atomic E-state index is 14.8. The molecule has 4 heterocycles. The maximum Gasteiger partial charge on any atom is 0.261 e. The zero-order valence-corrected chi connectivity index (χ0v) is 18.4. The number of rotatable bonds is 3. The Morgan fingerprint density at radius 1 is 1.15 bits per heavy atom. The highest BCUT2D eigenvalue weighted by Gasteiger charge is 2.26. The summed E-state index contributed by atoms with van der Waals surface area (Å²) in [6.45, 7) is 3.17. The molecule has 8 nitrogen and oxygen atoms in total. The molecule has 1 aliphatic rings. The first-order valence-electron chi connectivity index (χ1n) is 10.5. The van der Waals surface area contributed by atoms with Crippen molar-refractivity contribution in [3.63, 3.8) is 0 Å². The van der Waals surface area contributed by atoms with Crippen LogP contribution in [0.5, 0.6) is 0 Å². The molecule has 1 aromatic carbocycles. The highest BCUT2D eigenvalue weighted by atomic mass is 19.1. The van der Waals surface area contributed by atoms with Crippen LogP contribution < -0.4 is 10.5 Å². The zero-order valence-electron chi connectivity index (χ0n) is 18.4. The van der Waals surface area contributed by atoms with Gasteiger partial charge in [0.2, 0.25) is 0 Å². The van der Waals surface area contributed by atoms with E-state index in [-0.39, 0.29) is 28.4 Å². The molecule has 4 aromatic rings. The molecule has 5 rings (SSSR count). The van der Waals surface area contributed by atoms with E-state index in [9.17, 15) is 13.6 Å². The Hall–Kier alpha value is -3.66. The minimum Gasteiger partial charge on any atom is -0.370 e. The maximum atomic E-state index is 14.8. The molecular formula is C23H22F2N6O2. The molecule has 0 amide bonds. The fourth-order valence-corrected chi connectivity index (χ4v) is 4.06. The van der Waals surface area contributed by atoms with Crippen molar-refractivity contribution >= 4 is 16.7 Å². The molecule has 170 valence electrons. The van der Waals surface area contributed by atoms with Crippen LogP contribution in [-0.2, 0) is 18.8 Å². The van der Waals surface area contributed by atoms with Crippen molar-refractivity contribution in [2.45, 2.75) is 13.0 Å². The van der Waals surface area contributed by atoms with Gasteiger partial charge in [0.05, 0.1) is 18.2 Å². The number of fused-ring (bicyclic) bond motifs is 1. The van der Waals surface area contributed by atoms with Gasteiger partial charge in [-0.25, -0.2) is 18.7 Å². The fourth-order valence-electron chi connectivity index (χ4n) is 4.06. The van der Waals surface area contributed by atoms with Gasteiger partial charge in [-0.05, 0) is 25.1 Å². The first-order valence-corrected chi connectivity index (χ1v) is 10.5. The summed E-state index contributed by atoms with van der Waals surface area (Å²) in [6.07, 6.45) is 3.42. The van der Waals surface area contributed by atoms with Gasteiger partial charge in [0.15, 0.2) is 0 Å². The molecule has 1 atom stereocenters. The van der Waals surface area contributed by atoms with E-state index in [0.29, 0.717) is 36.7 Å². The summed E-state index contributed by atoms with van der Waals surface area (Å²) in [5, 5.41) is 4.52. The number of benzene rings is 1. The average Bonchev–Trinajstić information content (AvgIpc) is 3.24. The van der Waals surface area contributed by atoms with Crippen LogP contribution in [0.15, 0.2) is 41.5 Å². The predicted octanol–water partition coefficient (Wildman–Crippen LogP) is 2.89. The monoisotopic (exact) mass is 452 g/mol. The minimum absolute atomic E-state index is 0.0838. The van der Waals surface area contributed by atoms with Crippen LogP contribution in [-0.4, -0.2) is 44.0 Å². The topological polar surface area (TPSA) is 78.1 Å². The van der Waals surface area contributed by atoms with Crippen molar-refractivity contribution in [3.8, 4) is 11.3 Å². The van der Waals surface area contributed by atoms with Crippen LogP contribution in [0.25, 0.3) is 22.2 Å². The van der Waals surface area contributed by atoms with Crippen molar-refractivity contribution in [1.29, 1.82) is 0 Å². The Morgan fingerprint density at radius 2 is 1.97 bits per heavy atom. The van der Waals surface area contributed by atoms with Crippen molar-refractivity contribution in [1.82, 2.24) is 24.3 Å². The van der Waals surface area contributed by atoms with E-state index in [1.165, 1.54) is 16.7 Å². The van der Waals surface area contributed by atoms with Crippen LogP contribution in [0.3, 0.4) is 0 Å². The first kappa shape index (κ1) is 21.2. The Balaban J connectivity index is 1.67. The minimum atomic E-state index is -0.767. The SMILES string of the molecule is Cc1nc2c(-c3ccc(F)cc3F)nc(N3CCO[C@@H](c4cnn(C)c4)C3)cc2c(=O)n1C. The molecule has 0 aliphatic carbocycles. The van der Waals surface area contributed by atoms with Crippen molar-refractivity contribution < 1.29 is 13.5 Å². The van der Waals surface area contributed by atoms with Crippen molar-refractivity contribution in [3.05, 3.63) is 70.0 Å². The van der Waals surface area contributed by atoms with E-state index in [4.69, 9.17) is 9.72 Å². The third-order valence-corrected chi connectivity index (χ3v) is 5.95. The molecule has 1 saturated heterocycles. The van der Waals surface area contributed by atoms with Gasteiger partial charge in [0.25, 0.3) is 5.56 Å². The molecular weight excluding hydrogens is 430 g/mol. The first-order chi connectivity index (χ1) is 15.8. The van der Waals surface area contributed by atoms with Crippen molar-refractivity contribution in [2.24, 2.45) is 14.1 Å². The third-order valence-electron chi connectivity index (χ3n) is 5.95. The van der Waals surface area contributed by atoms with E-state index in [2.05, 4.69) is 10.1 Å². The standard InChI is InChI=1S/C23H22F2N6O2/c1-13-27-22-17(23(32)30(13)3)9-20(28-21(22)16-5-4-15(24)8-18(16)25)31-6-7-33-19(12-31)14-10-26-29(2)11-14/h4-5,8-11,19H,6-7,12H2,1-3H3/t19-/m1/s1. The van der Waals surface area contributed by atoms with Gasteiger partial charge < -0.3 is 9.64 Å². The fraction of sp³-hybridized carbons (Fsp3) is 0.304. The Kier molecular flexibility index (Phi) is 5.16. The van der Waals surface area contributed by atoms with Gasteiger partial charge in [0.1, 0.15) is 40.6 Å². The second kappa shape index (κ2) is 8.04. The summed E-state index contributed by atoms with van der Waals surface area (Å²) in [5.74, 6) is -0.490. The van der Waals surface area contributed by atoms with Gasteiger partial charge >= 0.3 is 0 Å². The van der Waals surface area contributed by atoms with E-state index in [1.54, 1.807) is 30.9 Å². The number of hydrogen-bond donors (Lipinski definition) is 0. The normalized spacial score (nSPS) is 16.5. The Bertz CT molecular complexity index is 1430. The van der Waals surface area contributed by atoms with E-state index in [1.807, 2.05) is 18.1 Å². The molecule has 1 fully saturated rings. The van der Waals surface area contributed by atoms with Crippen LogP contribution in [0.4, 0.5) is 14.6 Å². The quantitative estimate of drug-likeness (QED) is 0.476. The second-order valence-electron chi connectivity index (χ2n) is 8.13. The number of anilines is 1. The number of nitrogens with zero attached hydrogens (tertiary/aromatic N) is 6. The van der Waals surface area contributed by atoms with Crippen LogP contribution in [0.2, 0.25) is 0 Å². The number of hydrogen-bond acceptors (Lipinski definition) is 6. The van der Waals surface area contributed by atoms with E-state index < -0.39 is 11.6 Å². The van der Waals surface area contributed by atoms with Gasteiger partial charge in [-0.1, -0.05) is 0 Å². The summed E-state index contributed by atoms with van der Waals surface area (Å²) in [4.78, 5) is 24.3. The molecule has 33 heavy (non-hydrogen) atoms. The van der Waals surface area contributed by atoms with E-state index in [0.717, 1.165) is 11.6 Å². The molecule has 0 unspecified atom stereocenters. The summed E-state index contributed by atoms with van der Waals surface area (Å²) in [6, 6.07) is 4.97. The summed E-state index contributed by atoms with van der Waals surface area (Å²) < 4.78 is 37.4. The van der Waals surface area contributed by atoms with Crippen LogP contribution >= 0.6 is 0 Å². The largest absolute Gasteiger partial charge is 0.370 e. The van der Waals surface area contributed by atoms with Gasteiger partial charge in [-0.3, -0.25) is 14.0 Å². The molecule has 0 saturated carbocycles. The number of morpholine rings is 1. The molecule has 0 N–H and O–H groups in total. The van der Waals surface area contributed by atoms with Crippen molar-refractivity contribution in [2.75, 3.05) is 24.6 Å². The lowest BCUT2D eigenvalue weighted by molar-refractivity contribution is 0.0395. The lowest BCUT2D eigenvalue weighted by Gasteiger charge is -2.33. The highest BCUT2D eigenvalue weighted by molar-refractivity contribution is 5.93. The number of ether oxygens (including phenoxy) is 1. The lowest BCUT2D eigenvalue weighted by atomic mass is 10.1. The second-order valence-corrected chi connectivity index (χ2v) is 8.13. The molecule has 0 bridgehead atoms. The lowest BCUT2D eigenvalue weighted by Crippen LogP contribution is -2.39. The molecule has 0 spiro atoms. The van der Waals surface area contributed by atoms with Crippen LogP contribution in [0.1, 0.15) is 17.5 Å². The summed E-state index contributed by atoms with van der Waals surface area (Å²) in [7, 11) is 3.47. The molecule has 10 heteroatoms. The molecule has 1 aliphatic heterocycles.